The third kappa shape index (κ3) is 4.39. The highest BCUT2D eigenvalue weighted by Gasteiger charge is 2.14. The van der Waals surface area contributed by atoms with E-state index in [-0.39, 0.29) is 0 Å². The van der Waals surface area contributed by atoms with Crippen molar-refractivity contribution in [2.24, 2.45) is 0 Å². The van der Waals surface area contributed by atoms with Gasteiger partial charge < -0.3 is 14.7 Å². The average Bonchev–Trinajstić information content (AvgIpc) is 2.64. The van der Waals surface area contributed by atoms with Crippen LogP contribution >= 0.6 is 0 Å². The Balaban J connectivity index is 1.95. The summed E-state index contributed by atoms with van der Waals surface area (Å²) < 4.78 is 5.53. The molecule has 1 saturated heterocycles. The van der Waals surface area contributed by atoms with E-state index in [1.54, 1.807) is 6.07 Å². The van der Waals surface area contributed by atoms with Gasteiger partial charge in [-0.2, -0.15) is 0 Å². The molecule has 0 spiro atoms. The molecule has 0 bridgehead atoms. The van der Waals surface area contributed by atoms with Crippen LogP contribution in [-0.4, -0.2) is 54.7 Å². The predicted molar refractivity (Wildman–Crippen MR) is 81.3 cm³/mol. The smallest absolute Gasteiger partial charge is 0.123 e. The van der Waals surface area contributed by atoms with Gasteiger partial charge in [-0.3, -0.25) is 4.90 Å². The number of rotatable bonds is 5. The molecule has 2 rings (SSSR count). The van der Waals surface area contributed by atoms with Gasteiger partial charge in [-0.15, -0.1) is 0 Å². The van der Waals surface area contributed by atoms with Crippen LogP contribution < -0.4 is 4.74 Å². The number of hydrogen-bond donors (Lipinski definition) is 1. The van der Waals surface area contributed by atoms with E-state index >= 15 is 0 Å². The number of phenols is 1. The number of aromatic hydroxyl groups is 1. The summed E-state index contributed by atoms with van der Waals surface area (Å²) in [4.78, 5) is 4.77. The minimum absolute atomic E-state index is 0.344. The summed E-state index contributed by atoms with van der Waals surface area (Å²) in [5.74, 6) is 1.10. The Morgan fingerprint density at radius 2 is 2.05 bits per heavy atom. The van der Waals surface area contributed by atoms with Crippen molar-refractivity contribution in [1.82, 2.24) is 9.80 Å². The number of hydrogen-bond acceptors (Lipinski definition) is 4. The first-order chi connectivity index (χ1) is 9.69. The van der Waals surface area contributed by atoms with Crippen LogP contribution in [0.25, 0.3) is 0 Å². The van der Waals surface area contributed by atoms with Gasteiger partial charge in [0.1, 0.15) is 11.5 Å². The third-order valence-corrected chi connectivity index (χ3v) is 3.74. The van der Waals surface area contributed by atoms with E-state index in [4.69, 9.17) is 4.74 Å². The normalized spacial score (nSPS) is 17.9. The number of benzene rings is 1. The molecular weight excluding hydrogens is 252 g/mol. The second-order valence-electron chi connectivity index (χ2n) is 5.57. The van der Waals surface area contributed by atoms with Crippen molar-refractivity contribution in [3.63, 3.8) is 0 Å². The Hall–Kier alpha value is -1.26. The molecule has 1 aliphatic rings. The summed E-state index contributed by atoms with van der Waals surface area (Å²) in [5, 5.41) is 10.1. The number of phenolic OH excluding ortho intramolecular Hbond substituents is 1. The Labute approximate surface area is 122 Å². The quantitative estimate of drug-likeness (QED) is 0.896. The molecule has 1 aliphatic heterocycles. The number of ether oxygens (including phenoxy) is 1. The van der Waals surface area contributed by atoms with Crippen molar-refractivity contribution < 1.29 is 9.84 Å². The molecule has 4 heteroatoms. The maximum Gasteiger partial charge on any atom is 0.123 e. The molecule has 0 aliphatic carbocycles. The lowest BCUT2D eigenvalue weighted by atomic mass is 10.1. The van der Waals surface area contributed by atoms with E-state index in [1.807, 2.05) is 12.1 Å². The molecule has 20 heavy (non-hydrogen) atoms. The van der Waals surface area contributed by atoms with Gasteiger partial charge in [-0.1, -0.05) is 13.0 Å². The summed E-state index contributed by atoms with van der Waals surface area (Å²) in [6, 6.07) is 5.67. The lowest BCUT2D eigenvalue weighted by molar-refractivity contribution is 0.265. The molecule has 0 saturated carbocycles. The van der Waals surface area contributed by atoms with Crippen LogP contribution in [0.5, 0.6) is 11.5 Å². The molecule has 1 aromatic rings. The molecule has 1 fully saturated rings. The molecule has 0 atom stereocenters. The molecular formula is C16H26N2O2. The summed E-state index contributed by atoms with van der Waals surface area (Å²) in [6.07, 6.45) is 2.17. The van der Waals surface area contributed by atoms with Crippen LogP contribution in [0.2, 0.25) is 0 Å². The molecule has 112 valence electrons. The Morgan fingerprint density at radius 1 is 1.20 bits per heavy atom. The average molecular weight is 278 g/mol. The summed E-state index contributed by atoms with van der Waals surface area (Å²) in [5.41, 5.74) is 0.985. The van der Waals surface area contributed by atoms with Gasteiger partial charge in [0.2, 0.25) is 0 Å². The lowest BCUT2D eigenvalue weighted by Gasteiger charge is -2.20. The molecule has 0 radical (unpaired) electrons. The molecule has 1 heterocycles. The van der Waals surface area contributed by atoms with E-state index in [0.29, 0.717) is 12.4 Å². The minimum Gasteiger partial charge on any atom is -0.507 e. The van der Waals surface area contributed by atoms with Gasteiger partial charge in [0.05, 0.1) is 6.61 Å². The second-order valence-corrected chi connectivity index (χ2v) is 5.57. The fraction of sp³-hybridized carbons (Fsp3) is 0.625. The van der Waals surface area contributed by atoms with Crippen molar-refractivity contribution in [3.8, 4) is 11.5 Å². The minimum atomic E-state index is 0.344. The van der Waals surface area contributed by atoms with Crippen LogP contribution in [0.15, 0.2) is 18.2 Å². The summed E-state index contributed by atoms with van der Waals surface area (Å²) >= 11 is 0. The van der Waals surface area contributed by atoms with E-state index in [2.05, 4.69) is 23.8 Å². The van der Waals surface area contributed by atoms with Crippen LogP contribution in [0.1, 0.15) is 25.3 Å². The van der Waals surface area contributed by atoms with E-state index in [0.717, 1.165) is 50.5 Å². The van der Waals surface area contributed by atoms with Gasteiger partial charge in [0.15, 0.2) is 0 Å². The maximum absolute atomic E-state index is 10.1. The van der Waals surface area contributed by atoms with Crippen molar-refractivity contribution >= 4 is 0 Å². The molecule has 0 aromatic heterocycles. The van der Waals surface area contributed by atoms with Crippen molar-refractivity contribution in [3.05, 3.63) is 23.8 Å². The van der Waals surface area contributed by atoms with E-state index in [9.17, 15) is 5.11 Å². The predicted octanol–water partition coefficient (Wildman–Crippen LogP) is 2.32. The zero-order valence-electron chi connectivity index (χ0n) is 12.6. The third-order valence-electron chi connectivity index (χ3n) is 3.74. The highest BCUT2D eigenvalue weighted by atomic mass is 16.5. The van der Waals surface area contributed by atoms with Gasteiger partial charge >= 0.3 is 0 Å². The van der Waals surface area contributed by atoms with Gasteiger partial charge in [0.25, 0.3) is 0 Å². The highest BCUT2D eigenvalue weighted by molar-refractivity contribution is 5.39. The Morgan fingerprint density at radius 3 is 2.80 bits per heavy atom. The van der Waals surface area contributed by atoms with Gasteiger partial charge in [-0.05, 0) is 39.0 Å². The zero-order valence-corrected chi connectivity index (χ0v) is 12.6. The first kappa shape index (κ1) is 15.1. The van der Waals surface area contributed by atoms with E-state index < -0.39 is 0 Å². The van der Waals surface area contributed by atoms with Crippen LogP contribution in [0, 0.1) is 0 Å². The fourth-order valence-corrected chi connectivity index (χ4v) is 2.49. The van der Waals surface area contributed by atoms with Crippen LogP contribution in [-0.2, 0) is 6.54 Å². The summed E-state index contributed by atoms with van der Waals surface area (Å²) in [7, 11) is 2.17. The molecule has 1 N–H and O–H groups in total. The topological polar surface area (TPSA) is 35.9 Å². The van der Waals surface area contributed by atoms with Crippen LogP contribution in [0.4, 0.5) is 0 Å². The van der Waals surface area contributed by atoms with Gasteiger partial charge in [-0.25, -0.2) is 0 Å². The largest absolute Gasteiger partial charge is 0.507 e. The Kier molecular flexibility index (Phi) is 5.68. The maximum atomic E-state index is 10.1. The van der Waals surface area contributed by atoms with Crippen LogP contribution in [0.3, 0.4) is 0 Å². The first-order valence-corrected chi connectivity index (χ1v) is 7.54. The standard InChI is InChI=1S/C16H26N2O2/c1-3-11-20-15-6-5-14(16(19)12-15)13-18-8-4-7-17(2)9-10-18/h5-6,12,19H,3-4,7-11,13H2,1-2H3. The molecule has 4 nitrogen and oxygen atoms in total. The summed E-state index contributed by atoms with van der Waals surface area (Å²) in [6.45, 7) is 7.99. The number of nitrogens with zero attached hydrogens (tertiary/aromatic N) is 2. The van der Waals surface area contributed by atoms with Gasteiger partial charge in [0, 0.05) is 31.3 Å². The van der Waals surface area contributed by atoms with Crippen molar-refractivity contribution in [2.75, 3.05) is 39.8 Å². The zero-order chi connectivity index (χ0) is 14.4. The SMILES string of the molecule is CCCOc1ccc(CN2CCCN(C)CC2)c(O)c1. The lowest BCUT2D eigenvalue weighted by Crippen LogP contribution is -2.28. The van der Waals surface area contributed by atoms with Crippen molar-refractivity contribution in [1.29, 1.82) is 0 Å². The molecule has 0 amide bonds. The molecule has 1 aromatic carbocycles. The molecule has 0 unspecified atom stereocenters. The second kappa shape index (κ2) is 7.50. The first-order valence-electron chi connectivity index (χ1n) is 7.54. The van der Waals surface area contributed by atoms with Crippen molar-refractivity contribution in [2.45, 2.75) is 26.3 Å². The monoisotopic (exact) mass is 278 g/mol. The number of likely N-dealkylation sites (N-methyl/N-ethyl adjacent to an activating group) is 1. The Bertz CT molecular complexity index is 423. The fourth-order valence-electron chi connectivity index (χ4n) is 2.49. The highest BCUT2D eigenvalue weighted by Crippen LogP contribution is 2.25. The van der Waals surface area contributed by atoms with E-state index in [1.165, 1.54) is 6.42 Å².